The van der Waals surface area contributed by atoms with Crippen molar-refractivity contribution >= 4 is 5.91 Å². The average molecular weight is 343 g/mol. The monoisotopic (exact) mass is 343 g/mol. The number of likely N-dealkylation sites (tertiary alicyclic amines) is 1. The minimum Gasteiger partial charge on any atom is -0.497 e. The maximum absolute atomic E-state index is 12.5. The van der Waals surface area contributed by atoms with Gasteiger partial charge in [-0.2, -0.15) is 5.10 Å². The number of amides is 1. The van der Waals surface area contributed by atoms with E-state index in [1.54, 1.807) is 7.11 Å². The number of aryl methyl sites for hydroxylation is 1. The van der Waals surface area contributed by atoms with E-state index < -0.39 is 0 Å². The molecule has 1 amide bonds. The van der Waals surface area contributed by atoms with E-state index in [2.05, 4.69) is 5.10 Å². The summed E-state index contributed by atoms with van der Waals surface area (Å²) in [6, 6.07) is 7.89. The highest BCUT2D eigenvalue weighted by Gasteiger charge is 2.29. The van der Waals surface area contributed by atoms with Crippen LogP contribution in [0.5, 0.6) is 5.75 Å². The van der Waals surface area contributed by atoms with Crippen LogP contribution in [0.15, 0.2) is 36.7 Å². The van der Waals surface area contributed by atoms with E-state index >= 15 is 0 Å². The molecule has 0 spiro atoms. The second-order valence-corrected chi connectivity index (χ2v) is 6.47. The van der Waals surface area contributed by atoms with Gasteiger partial charge in [-0.3, -0.25) is 9.48 Å². The van der Waals surface area contributed by atoms with Crippen LogP contribution in [0.3, 0.4) is 0 Å². The van der Waals surface area contributed by atoms with E-state index in [0.717, 1.165) is 42.8 Å². The summed E-state index contributed by atoms with van der Waals surface area (Å²) in [5.41, 5.74) is 2.13. The molecule has 1 aromatic heterocycles. The molecular formula is C19H25N3O3. The topological polar surface area (TPSA) is 56.6 Å². The van der Waals surface area contributed by atoms with Crippen molar-refractivity contribution in [1.29, 1.82) is 0 Å². The van der Waals surface area contributed by atoms with Gasteiger partial charge in [0.15, 0.2) is 0 Å². The fraction of sp³-hybridized carbons (Fsp3) is 0.474. The third-order valence-corrected chi connectivity index (χ3v) is 4.49. The molecule has 1 aliphatic heterocycles. The van der Waals surface area contributed by atoms with Crippen LogP contribution in [0.25, 0.3) is 0 Å². The lowest BCUT2D eigenvalue weighted by Crippen LogP contribution is -2.40. The first-order chi connectivity index (χ1) is 12.2. The molecule has 2 heterocycles. The molecule has 1 atom stereocenters. The van der Waals surface area contributed by atoms with Crippen LogP contribution in [0.1, 0.15) is 24.0 Å². The Labute approximate surface area is 148 Å². The molecule has 1 aromatic carbocycles. The second-order valence-electron chi connectivity index (χ2n) is 6.47. The van der Waals surface area contributed by atoms with Crippen LogP contribution in [0.2, 0.25) is 0 Å². The minimum absolute atomic E-state index is 0.0503. The molecule has 25 heavy (non-hydrogen) atoms. The Kier molecular flexibility index (Phi) is 5.71. The van der Waals surface area contributed by atoms with E-state index in [-0.39, 0.29) is 18.6 Å². The Bertz CT molecular complexity index is 713. The largest absolute Gasteiger partial charge is 0.497 e. The van der Waals surface area contributed by atoms with Gasteiger partial charge in [0.1, 0.15) is 12.4 Å². The molecule has 0 N–H and O–H groups in total. The van der Waals surface area contributed by atoms with Crippen LogP contribution in [-0.2, 0) is 22.7 Å². The number of aromatic nitrogens is 2. The highest BCUT2D eigenvalue weighted by Crippen LogP contribution is 2.19. The number of benzene rings is 1. The van der Waals surface area contributed by atoms with Gasteiger partial charge in [-0.05, 0) is 43.0 Å². The van der Waals surface area contributed by atoms with Crippen molar-refractivity contribution in [2.75, 3.05) is 20.3 Å². The van der Waals surface area contributed by atoms with Gasteiger partial charge in [-0.1, -0.05) is 12.1 Å². The number of methoxy groups -OCH3 is 1. The van der Waals surface area contributed by atoms with Gasteiger partial charge in [0.2, 0.25) is 5.91 Å². The van der Waals surface area contributed by atoms with Crippen molar-refractivity contribution in [3.05, 3.63) is 47.8 Å². The van der Waals surface area contributed by atoms with Crippen LogP contribution < -0.4 is 4.74 Å². The first-order valence-corrected chi connectivity index (χ1v) is 8.65. The zero-order valence-corrected chi connectivity index (χ0v) is 14.9. The molecule has 1 aliphatic rings. The van der Waals surface area contributed by atoms with Crippen molar-refractivity contribution in [2.24, 2.45) is 0 Å². The number of carbonyl (C=O) groups excluding carboxylic acids is 1. The maximum atomic E-state index is 12.5. The summed E-state index contributed by atoms with van der Waals surface area (Å²) in [7, 11) is 1.64. The van der Waals surface area contributed by atoms with Crippen LogP contribution >= 0.6 is 0 Å². The minimum atomic E-state index is 0.0503. The SMILES string of the molecule is COc1cccc(COCC(=O)N2CCCC2Cn2cc(C)cn2)c1. The van der Waals surface area contributed by atoms with Crippen LogP contribution in [0, 0.1) is 6.92 Å². The van der Waals surface area contributed by atoms with Crippen molar-refractivity contribution in [3.63, 3.8) is 0 Å². The third kappa shape index (κ3) is 4.60. The van der Waals surface area contributed by atoms with Gasteiger partial charge in [-0.25, -0.2) is 0 Å². The summed E-state index contributed by atoms with van der Waals surface area (Å²) in [5.74, 6) is 0.843. The Morgan fingerprint density at radius 1 is 1.40 bits per heavy atom. The molecule has 0 radical (unpaired) electrons. The molecule has 6 heteroatoms. The predicted octanol–water partition coefficient (Wildman–Crippen LogP) is 2.41. The summed E-state index contributed by atoms with van der Waals surface area (Å²) >= 11 is 0. The van der Waals surface area contributed by atoms with Gasteiger partial charge < -0.3 is 14.4 Å². The molecule has 0 bridgehead atoms. The predicted molar refractivity (Wildman–Crippen MR) is 94.3 cm³/mol. The highest BCUT2D eigenvalue weighted by atomic mass is 16.5. The molecule has 1 fully saturated rings. The first kappa shape index (κ1) is 17.5. The third-order valence-electron chi connectivity index (χ3n) is 4.49. The number of hydrogen-bond acceptors (Lipinski definition) is 4. The number of carbonyl (C=O) groups is 1. The molecule has 6 nitrogen and oxygen atoms in total. The lowest BCUT2D eigenvalue weighted by atomic mass is 10.2. The number of ether oxygens (including phenoxy) is 2. The highest BCUT2D eigenvalue weighted by molar-refractivity contribution is 5.78. The summed E-state index contributed by atoms with van der Waals surface area (Å²) in [6.45, 7) is 4.07. The smallest absolute Gasteiger partial charge is 0.248 e. The molecule has 1 saturated heterocycles. The van der Waals surface area contributed by atoms with Gasteiger partial charge in [0.05, 0.1) is 32.5 Å². The Hall–Kier alpha value is -2.34. The number of rotatable bonds is 7. The normalized spacial score (nSPS) is 17.0. The average Bonchev–Trinajstić information content (AvgIpc) is 3.24. The van der Waals surface area contributed by atoms with Crippen LogP contribution in [0.4, 0.5) is 0 Å². The van der Waals surface area contributed by atoms with Crippen molar-refractivity contribution in [3.8, 4) is 5.75 Å². The Morgan fingerprint density at radius 3 is 3.04 bits per heavy atom. The van der Waals surface area contributed by atoms with Gasteiger partial charge in [0, 0.05) is 12.7 Å². The van der Waals surface area contributed by atoms with Crippen molar-refractivity contribution < 1.29 is 14.3 Å². The molecular weight excluding hydrogens is 318 g/mol. The molecule has 0 aliphatic carbocycles. The maximum Gasteiger partial charge on any atom is 0.248 e. The fourth-order valence-electron chi connectivity index (χ4n) is 3.24. The van der Waals surface area contributed by atoms with E-state index in [0.29, 0.717) is 6.61 Å². The zero-order valence-electron chi connectivity index (χ0n) is 14.9. The standard InChI is InChI=1S/C19H25N3O3/c1-15-10-20-21(11-15)12-17-6-4-8-22(17)19(23)14-25-13-16-5-3-7-18(9-16)24-2/h3,5,7,9-11,17H,4,6,8,12-14H2,1-2H3. The van der Waals surface area contributed by atoms with Gasteiger partial charge >= 0.3 is 0 Å². The second kappa shape index (κ2) is 8.16. The quantitative estimate of drug-likeness (QED) is 0.775. The van der Waals surface area contributed by atoms with E-state index in [1.807, 2.05) is 53.2 Å². The van der Waals surface area contributed by atoms with Crippen molar-refractivity contribution in [1.82, 2.24) is 14.7 Å². The number of hydrogen-bond donors (Lipinski definition) is 0. The summed E-state index contributed by atoms with van der Waals surface area (Å²) in [4.78, 5) is 14.4. The number of nitrogens with zero attached hydrogens (tertiary/aromatic N) is 3. The lowest BCUT2D eigenvalue weighted by Gasteiger charge is -2.24. The van der Waals surface area contributed by atoms with E-state index in [1.165, 1.54) is 0 Å². The summed E-state index contributed by atoms with van der Waals surface area (Å²) < 4.78 is 12.7. The van der Waals surface area contributed by atoms with Crippen molar-refractivity contribution in [2.45, 2.75) is 39.0 Å². The summed E-state index contributed by atoms with van der Waals surface area (Å²) in [5, 5.41) is 4.33. The lowest BCUT2D eigenvalue weighted by molar-refractivity contribution is -0.137. The molecule has 134 valence electrons. The van der Waals surface area contributed by atoms with E-state index in [4.69, 9.17) is 9.47 Å². The van der Waals surface area contributed by atoms with Gasteiger partial charge in [-0.15, -0.1) is 0 Å². The fourth-order valence-corrected chi connectivity index (χ4v) is 3.24. The van der Waals surface area contributed by atoms with Gasteiger partial charge in [0.25, 0.3) is 0 Å². The zero-order chi connectivity index (χ0) is 17.6. The first-order valence-electron chi connectivity index (χ1n) is 8.65. The summed E-state index contributed by atoms with van der Waals surface area (Å²) in [6.07, 6.45) is 5.91. The molecule has 1 unspecified atom stereocenters. The molecule has 2 aromatic rings. The Morgan fingerprint density at radius 2 is 2.28 bits per heavy atom. The Balaban J connectivity index is 1.49. The molecule has 0 saturated carbocycles. The molecule has 3 rings (SSSR count). The van der Waals surface area contributed by atoms with Crippen LogP contribution in [-0.4, -0.2) is 46.9 Å². The van der Waals surface area contributed by atoms with E-state index in [9.17, 15) is 4.79 Å².